The first kappa shape index (κ1) is 16.8. The highest BCUT2D eigenvalue weighted by molar-refractivity contribution is 5.55. The molecule has 0 aliphatic carbocycles. The second-order valence-electron chi connectivity index (χ2n) is 6.94. The summed E-state index contributed by atoms with van der Waals surface area (Å²) in [5.74, 6) is 0.752. The van der Waals surface area contributed by atoms with Gasteiger partial charge in [-0.05, 0) is 41.8 Å². The number of pyridine rings is 1. The number of nitrogens with one attached hydrogen (secondary N) is 1. The van der Waals surface area contributed by atoms with Crippen LogP contribution in [0.1, 0.15) is 19.4 Å². The molecule has 1 aliphatic rings. The van der Waals surface area contributed by atoms with Gasteiger partial charge >= 0.3 is 0 Å². The Bertz CT molecular complexity index is 601. The molecule has 1 aromatic heterocycles. The van der Waals surface area contributed by atoms with Gasteiger partial charge in [-0.2, -0.15) is 0 Å². The number of benzene rings is 1. The fraction of sp³-hybridized carbons (Fsp3) is 0.450. The van der Waals surface area contributed by atoms with Crippen LogP contribution in [0.3, 0.4) is 0 Å². The Morgan fingerprint density at radius 2 is 1.79 bits per heavy atom. The Morgan fingerprint density at radius 3 is 2.42 bits per heavy atom. The zero-order valence-electron chi connectivity index (χ0n) is 14.8. The van der Waals surface area contributed by atoms with Crippen molar-refractivity contribution in [2.75, 3.05) is 42.9 Å². The molecule has 0 radical (unpaired) electrons. The van der Waals surface area contributed by atoms with Crippen LogP contribution in [-0.4, -0.2) is 42.6 Å². The Morgan fingerprint density at radius 1 is 1.04 bits per heavy atom. The topological polar surface area (TPSA) is 31.4 Å². The van der Waals surface area contributed by atoms with E-state index in [-0.39, 0.29) is 0 Å². The lowest BCUT2D eigenvalue weighted by atomic mass is 10.1. The van der Waals surface area contributed by atoms with Crippen LogP contribution >= 0.6 is 0 Å². The van der Waals surface area contributed by atoms with E-state index in [4.69, 9.17) is 0 Å². The molecule has 0 unspecified atom stereocenters. The highest BCUT2D eigenvalue weighted by Crippen LogP contribution is 2.20. The van der Waals surface area contributed by atoms with Gasteiger partial charge in [0.25, 0.3) is 0 Å². The molecular formula is C20H28N4. The molecule has 4 nitrogen and oxygen atoms in total. The summed E-state index contributed by atoms with van der Waals surface area (Å²) in [5.41, 5.74) is 3.68. The van der Waals surface area contributed by atoms with Crippen LogP contribution in [0.5, 0.6) is 0 Å². The smallest absolute Gasteiger partial charge is 0.0416 e. The standard InChI is InChI=1S/C20H28N4/c1-17(2)16-23-10-12-24(13-11-23)20-7-5-19(6-8-20)22-15-18-4-3-9-21-14-18/h3-9,14,17,22H,10-13,15-16H2,1-2H3. The largest absolute Gasteiger partial charge is 0.381 e. The molecule has 2 heterocycles. The minimum Gasteiger partial charge on any atom is -0.381 e. The van der Waals surface area contributed by atoms with Gasteiger partial charge in [0, 0.05) is 63.0 Å². The van der Waals surface area contributed by atoms with E-state index in [1.165, 1.54) is 30.9 Å². The Kier molecular flexibility index (Phi) is 5.70. The summed E-state index contributed by atoms with van der Waals surface area (Å²) >= 11 is 0. The van der Waals surface area contributed by atoms with Crippen molar-refractivity contribution >= 4 is 11.4 Å². The quantitative estimate of drug-likeness (QED) is 0.881. The molecule has 1 N–H and O–H groups in total. The highest BCUT2D eigenvalue weighted by atomic mass is 15.3. The zero-order chi connectivity index (χ0) is 16.8. The maximum Gasteiger partial charge on any atom is 0.0416 e. The van der Waals surface area contributed by atoms with Gasteiger partial charge in [-0.25, -0.2) is 0 Å². The predicted molar refractivity (Wildman–Crippen MR) is 101 cm³/mol. The van der Waals surface area contributed by atoms with Crippen molar-refractivity contribution in [1.82, 2.24) is 9.88 Å². The zero-order valence-corrected chi connectivity index (χ0v) is 14.8. The van der Waals surface area contributed by atoms with Gasteiger partial charge < -0.3 is 10.2 Å². The van der Waals surface area contributed by atoms with E-state index in [1.807, 2.05) is 12.3 Å². The molecule has 1 fully saturated rings. The van der Waals surface area contributed by atoms with Crippen LogP contribution in [0, 0.1) is 5.92 Å². The number of hydrogen-bond acceptors (Lipinski definition) is 4. The fourth-order valence-electron chi connectivity index (χ4n) is 3.20. The Hall–Kier alpha value is -2.07. The molecule has 0 spiro atoms. The Balaban J connectivity index is 1.50. The molecule has 0 atom stereocenters. The molecule has 128 valence electrons. The third-order valence-corrected chi connectivity index (χ3v) is 4.45. The van der Waals surface area contributed by atoms with Gasteiger partial charge in [0.1, 0.15) is 0 Å². The van der Waals surface area contributed by atoms with E-state index in [9.17, 15) is 0 Å². The van der Waals surface area contributed by atoms with Gasteiger partial charge in [0.05, 0.1) is 0 Å². The van der Waals surface area contributed by atoms with E-state index >= 15 is 0 Å². The summed E-state index contributed by atoms with van der Waals surface area (Å²) in [5, 5.41) is 3.45. The molecule has 1 aromatic carbocycles. The number of aromatic nitrogens is 1. The van der Waals surface area contributed by atoms with Crippen molar-refractivity contribution < 1.29 is 0 Å². The van der Waals surface area contributed by atoms with Crippen molar-refractivity contribution in [2.45, 2.75) is 20.4 Å². The average Bonchev–Trinajstić information content (AvgIpc) is 2.62. The first-order valence-corrected chi connectivity index (χ1v) is 8.91. The van der Waals surface area contributed by atoms with Gasteiger partial charge in [0.2, 0.25) is 0 Å². The van der Waals surface area contributed by atoms with E-state index in [1.54, 1.807) is 6.20 Å². The molecule has 2 aromatic rings. The van der Waals surface area contributed by atoms with Gasteiger partial charge in [-0.15, -0.1) is 0 Å². The molecule has 3 rings (SSSR count). The van der Waals surface area contributed by atoms with Crippen LogP contribution in [-0.2, 0) is 6.54 Å². The number of piperazine rings is 1. The van der Waals surface area contributed by atoms with Crippen molar-refractivity contribution in [3.63, 3.8) is 0 Å². The van der Waals surface area contributed by atoms with Gasteiger partial charge in [0.15, 0.2) is 0 Å². The molecule has 4 heteroatoms. The summed E-state index contributed by atoms with van der Waals surface area (Å²) in [6.45, 7) is 11.2. The number of hydrogen-bond donors (Lipinski definition) is 1. The minimum atomic E-state index is 0.752. The number of rotatable bonds is 6. The molecule has 24 heavy (non-hydrogen) atoms. The maximum absolute atomic E-state index is 4.15. The maximum atomic E-state index is 4.15. The predicted octanol–water partition coefficient (Wildman–Crippen LogP) is 3.47. The Labute approximate surface area is 145 Å². The second kappa shape index (κ2) is 8.15. The lowest BCUT2D eigenvalue weighted by Crippen LogP contribution is -2.47. The molecular weight excluding hydrogens is 296 g/mol. The van der Waals surface area contributed by atoms with E-state index in [2.05, 4.69) is 64.3 Å². The van der Waals surface area contributed by atoms with Crippen molar-refractivity contribution in [3.05, 3.63) is 54.4 Å². The fourth-order valence-corrected chi connectivity index (χ4v) is 3.20. The monoisotopic (exact) mass is 324 g/mol. The highest BCUT2D eigenvalue weighted by Gasteiger charge is 2.17. The van der Waals surface area contributed by atoms with E-state index in [0.29, 0.717) is 0 Å². The lowest BCUT2D eigenvalue weighted by Gasteiger charge is -2.36. The van der Waals surface area contributed by atoms with Crippen molar-refractivity contribution in [3.8, 4) is 0 Å². The summed E-state index contributed by atoms with van der Waals surface area (Å²) < 4.78 is 0. The van der Waals surface area contributed by atoms with Crippen LogP contribution < -0.4 is 10.2 Å². The molecule has 0 bridgehead atoms. The molecule has 0 saturated carbocycles. The number of nitrogens with zero attached hydrogens (tertiary/aromatic N) is 3. The number of anilines is 2. The SMILES string of the molecule is CC(C)CN1CCN(c2ccc(NCc3cccnc3)cc2)CC1. The van der Waals surface area contributed by atoms with E-state index in [0.717, 1.165) is 31.2 Å². The third kappa shape index (κ3) is 4.71. The first-order valence-electron chi connectivity index (χ1n) is 8.91. The first-order chi connectivity index (χ1) is 11.7. The summed E-state index contributed by atoms with van der Waals surface area (Å²) in [6.07, 6.45) is 3.71. The van der Waals surface area contributed by atoms with Crippen LogP contribution in [0.2, 0.25) is 0 Å². The van der Waals surface area contributed by atoms with Crippen molar-refractivity contribution in [1.29, 1.82) is 0 Å². The van der Waals surface area contributed by atoms with Gasteiger partial charge in [-0.3, -0.25) is 9.88 Å². The van der Waals surface area contributed by atoms with Crippen LogP contribution in [0.4, 0.5) is 11.4 Å². The minimum absolute atomic E-state index is 0.752. The molecule has 1 aliphatic heterocycles. The van der Waals surface area contributed by atoms with Gasteiger partial charge in [-0.1, -0.05) is 19.9 Å². The van der Waals surface area contributed by atoms with Crippen LogP contribution in [0.25, 0.3) is 0 Å². The van der Waals surface area contributed by atoms with Crippen LogP contribution in [0.15, 0.2) is 48.8 Å². The summed E-state index contributed by atoms with van der Waals surface area (Å²) in [7, 11) is 0. The molecule has 0 amide bonds. The third-order valence-electron chi connectivity index (χ3n) is 4.45. The summed E-state index contributed by atoms with van der Waals surface area (Å²) in [6, 6.07) is 12.9. The normalized spacial score (nSPS) is 15.7. The van der Waals surface area contributed by atoms with E-state index < -0.39 is 0 Å². The lowest BCUT2D eigenvalue weighted by molar-refractivity contribution is 0.231. The second-order valence-corrected chi connectivity index (χ2v) is 6.94. The summed E-state index contributed by atoms with van der Waals surface area (Å²) in [4.78, 5) is 9.21. The van der Waals surface area contributed by atoms with Crippen molar-refractivity contribution in [2.24, 2.45) is 5.92 Å². The average molecular weight is 324 g/mol. The molecule has 1 saturated heterocycles.